The fraction of sp³-hybridized carbons (Fsp3) is 0.850. The molecular weight excluding hydrogens is 332 g/mol. The molecule has 4 bridgehead atoms. The minimum atomic E-state index is 0.0635. The first-order chi connectivity index (χ1) is 12.7. The lowest BCUT2D eigenvalue weighted by Gasteiger charge is -2.61. The molecule has 0 spiro atoms. The standard InChI is InChI=1S/C20H32N2O4/c23-4-5-24-6-7-25-8-9-26-20-13-17-10-18(14-20)12-19(11-17,15-20)16-22-3-1-2-21-22/h1-3,17-18,23H,4-16H2. The molecule has 4 aliphatic carbocycles. The van der Waals surface area contributed by atoms with Crippen LogP contribution in [0.15, 0.2) is 18.5 Å². The van der Waals surface area contributed by atoms with Crippen molar-refractivity contribution in [3.05, 3.63) is 18.5 Å². The quantitative estimate of drug-likeness (QED) is 0.610. The van der Waals surface area contributed by atoms with E-state index in [0.29, 0.717) is 38.4 Å². The highest BCUT2D eigenvalue weighted by atomic mass is 16.6. The summed E-state index contributed by atoms with van der Waals surface area (Å²) in [6, 6.07) is 2.02. The van der Waals surface area contributed by atoms with Gasteiger partial charge >= 0.3 is 0 Å². The van der Waals surface area contributed by atoms with Gasteiger partial charge in [0.05, 0.1) is 45.2 Å². The molecule has 1 aromatic rings. The molecule has 0 aliphatic heterocycles. The van der Waals surface area contributed by atoms with Crippen molar-refractivity contribution in [1.29, 1.82) is 0 Å². The van der Waals surface area contributed by atoms with Gasteiger partial charge in [-0.1, -0.05) is 0 Å². The zero-order chi connectivity index (χ0) is 17.9. The van der Waals surface area contributed by atoms with E-state index in [0.717, 1.165) is 18.4 Å². The lowest BCUT2D eigenvalue weighted by atomic mass is 9.48. The minimum Gasteiger partial charge on any atom is -0.394 e. The van der Waals surface area contributed by atoms with E-state index < -0.39 is 0 Å². The number of aliphatic hydroxyl groups excluding tert-OH is 1. The van der Waals surface area contributed by atoms with Crippen molar-refractivity contribution in [1.82, 2.24) is 9.78 Å². The number of hydrogen-bond donors (Lipinski definition) is 1. The normalized spacial score (nSPS) is 35.3. The molecule has 1 heterocycles. The largest absolute Gasteiger partial charge is 0.394 e. The summed E-state index contributed by atoms with van der Waals surface area (Å²) < 4.78 is 19.4. The van der Waals surface area contributed by atoms with E-state index in [1.165, 1.54) is 38.5 Å². The van der Waals surface area contributed by atoms with Gasteiger partial charge in [0.25, 0.3) is 0 Å². The molecule has 0 amide bonds. The number of nitrogens with zero attached hydrogens (tertiary/aromatic N) is 2. The van der Waals surface area contributed by atoms with Crippen molar-refractivity contribution < 1.29 is 19.3 Å². The van der Waals surface area contributed by atoms with Crippen molar-refractivity contribution in [3.8, 4) is 0 Å². The first kappa shape index (κ1) is 18.4. The second-order valence-corrected chi connectivity index (χ2v) is 8.64. The molecule has 26 heavy (non-hydrogen) atoms. The van der Waals surface area contributed by atoms with E-state index in [-0.39, 0.29) is 12.2 Å². The summed E-state index contributed by atoms with van der Waals surface area (Å²) in [5, 5.41) is 13.1. The maximum Gasteiger partial charge on any atom is 0.0708 e. The monoisotopic (exact) mass is 364 g/mol. The molecule has 4 fully saturated rings. The van der Waals surface area contributed by atoms with Crippen LogP contribution in [-0.2, 0) is 20.8 Å². The third-order valence-corrected chi connectivity index (χ3v) is 6.43. The van der Waals surface area contributed by atoms with Gasteiger partial charge in [0.1, 0.15) is 0 Å². The van der Waals surface area contributed by atoms with Crippen molar-refractivity contribution in [3.63, 3.8) is 0 Å². The average Bonchev–Trinajstić information content (AvgIpc) is 3.08. The summed E-state index contributed by atoms with van der Waals surface area (Å²) >= 11 is 0. The van der Waals surface area contributed by atoms with Crippen LogP contribution in [0.1, 0.15) is 38.5 Å². The van der Waals surface area contributed by atoms with E-state index in [9.17, 15) is 0 Å². The second-order valence-electron chi connectivity index (χ2n) is 8.64. The van der Waals surface area contributed by atoms with Crippen molar-refractivity contribution in [2.45, 2.75) is 50.7 Å². The van der Waals surface area contributed by atoms with Crippen LogP contribution < -0.4 is 0 Å². The van der Waals surface area contributed by atoms with Crippen molar-refractivity contribution in [2.24, 2.45) is 17.3 Å². The van der Waals surface area contributed by atoms with E-state index >= 15 is 0 Å². The molecule has 146 valence electrons. The number of aliphatic hydroxyl groups is 1. The molecule has 2 atom stereocenters. The summed E-state index contributed by atoms with van der Waals surface area (Å²) in [5.74, 6) is 1.64. The molecule has 6 nitrogen and oxygen atoms in total. The Bertz CT molecular complexity index is 548. The highest BCUT2D eigenvalue weighted by Crippen LogP contribution is 2.63. The van der Waals surface area contributed by atoms with Crippen molar-refractivity contribution >= 4 is 0 Å². The average molecular weight is 364 g/mol. The molecule has 0 saturated heterocycles. The molecule has 0 radical (unpaired) electrons. The lowest BCUT2D eigenvalue weighted by molar-refractivity contribution is -0.201. The number of rotatable bonds is 11. The predicted octanol–water partition coefficient (Wildman–Crippen LogP) is 2.26. The van der Waals surface area contributed by atoms with Gasteiger partial charge < -0.3 is 19.3 Å². The Balaban J connectivity index is 1.28. The molecular formula is C20H32N2O4. The zero-order valence-electron chi connectivity index (χ0n) is 15.6. The van der Waals surface area contributed by atoms with Gasteiger partial charge in [-0.25, -0.2) is 0 Å². The Hall–Kier alpha value is -0.950. The van der Waals surface area contributed by atoms with Crippen LogP contribution in [0.3, 0.4) is 0 Å². The first-order valence-electron chi connectivity index (χ1n) is 10.1. The molecule has 1 aromatic heterocycles. The smallest absolute Gasteiger partial charge is 0.0708 e. The Morgan fingerprint density at radius 1 is 1.00 bits per heavy atom. The summed E-state index contributed by atoms with van der Waals surface area (Å²) in [6.45, 7) is 3.85. The fourth-order valence-corrected chi connectivity index (χ4v) is 6.16. The Kier molecular flexibility index (Phi) is 5.64. The van der Waals surface area contributed by atoms with E-state index in [1.807, 2.05) is 12.3 Å². The second kappa shape index (κ2) is 7.97. The lowest BCUT2D eigenvalue weighted by Crippen LogP contribution is -2.58. The molecule has 6 heteroatoms. The first-order valence-corrected chi connectivity index (χ1v) is 10.1. The molecule has 1 N–H and O–H groups in total. The number of ether oxygens (including phenoxy) is 3. The van der Waals surface area contributed by atoms with Gasteiger partial charge in [0.15, 0.2) is 0 Å². The Morgan fingerprint density at radius 2 is 1.73 bits per heavy atom. The third kappa shape index (κ3) is 4.14. The van der Waals surface area contributed by atoms with Gasteiger partial charge in [0, 0.05) is 18.9 Å². The molecule has 2 unspecified atom stereocenters. The molecule has 5 rings (SSSR count). The molecule has 0 aromatic carbocycles. The maximum atomic E-state index is 8.67. The molecule has 4 saturated carbocycles. The summed E-state index contributed by atoms with van der Waals surface area (Å²) in [4.78, 5) is 0. The van der Waals surface area contributed by atoms with Gasteiger partial charge in [-0.3, -0.25) is 4.68 Å². The maximum absolute atomic E-state index is 8.67. The van der Waals surface area contributed by atoms with Gasteiger partial charge in [-0.2, -0.15) is 5.10 Å². The van der Waals surface area contributed by atoms with Gasteiger partial charge in [0.2, 0.25) is 0 Å². The SMILES string of the molecule is OCCOCCOCCOC12CC3CC(CC(Cn4cccn4)(C3)C1)C2. The van der Waals surface area contributed by atoms with Crippen LogP contribution in [0.4, 0.5) is 0 Å². The Morgan fingerprint density at radius 3 is 2.42 bits per heavy atom. The van der Waals surface area contributed by atoms with Crippen LogP contribution in [0.5, 0.6) is 0 Å². The summed E-state index contributed by atoms with van der Waals surface area (Å²) in [7, 11) is 0. The summed E-state index contributed by atoms with van der Waals surface area (Å²) in [6.07, 6.45) is 11.7. The van der Waals surface area contributed by atoms with E-state index in [2.05, 4.69) is 16.0 Å². The zero-order valence-corrected chi connectivity index (χ0v) is 15.6. The van der Waals surface area contributed by atoms with Crippen LogP contribution in [0.2, 0.25) is 0 Å². The van der Waals surface area contributed by atoms with Crippen LogP contribution in [0.25, 0.3) is 0 Å². The number of aromatic nitrogens is 2. The van der Waals surface area contributed by atoms with Crippen LogP contribution in [0, 0.1) is 17.3 Å². The minimum absolute atomic E-state index is 0.0635. The predicted molar refractivity (Wildman–Crippen MR) is 96.7 cm³/mol. The van der Waals surface area contributed by atoms with Crippen LogP contribution >= 0.6 is 0 Å². The topological polar surface area (TPSA) is 65.7 Å². The highest BCUT2D eigenvalue weighted by Gasteiger charge is 2.58. The summed E-state index contributed by atoms with van der Waals surface area (Å²) in [5.41, 5.74) is 0.434. The van der Waals surface area contributed by atoms with E-state index in [4.69, 9.17) is 19.3 Å². The van der Waals surface area contributed by atoms with Gasteiger partial charge in [-0.15, -0.1) is 0 Å². The molecule has 4 aliphatic rings. The number of hydrogen-bond acceptors (Lipinski definition) is 5. The van der Waals surface area contributed by atoms with Crippen LogP contribution in [-0.4, -0.2) is 60.1 Å². The fourth-order valence-electron chi connectivity index (χ4n) is 6.16. The van der Waals surface area contributed by atoms with Crippen molar-refractivity contribution in [2.75, 3.05) is 39.6 Å². The Labute approximate surface area is 155 Å². The van der Waals surface area contributed by atoms with Gasteiger partial charge in [-0.05, 0) is 61.8 Å². The van der Waals surface area contributed by atoms with E-state index in [1.54, 1.807) is 0 Å². The highest BCUT2D eigenvalue weighted by molar-refractivity contribution is 5.09. The third-order valence-electron chi connectivity index (χ3n) is 6.43.